The van der Waals surface area contributed by atoms with Gasteiger partial charge in [0.25, 0.3) is 0 Å². The molecule has 1 heterocycles. The largest absolute Gasteiger partial charge is 0.390 e. The summed E-state index contributed by atoms with van der Waals surface area (Å²) in [6.45, 7) is 8.33. The second-order valence-corrected chi connectivity index (χ2v) is 4.04. The molecule has 0 spiro atoms. The highest BCUT2D eigenvalue weighted by molar-refractivity contribution is 5.46. The fourth-order valence-electron chi connectivity index (χ4n) is 1.76. The molecule has 0 atom stereocenters. The van der Waals surface area contributed by atoms with Gasteiger partial charge in [0.1, 0.15) is 0 Å². The van der Waals surface area contributed by atoms with Crippen LogP contribution in [0.1, 0.15) is 19.5 Å². The number of ether oxygens (including phenoxy) is 2. The van der Waals surface area contributed by atoms with Gasteiger partial charge < -0.3 is 19.5 Å². The van der Waals surface area contributed by atoms with Crippen molar-refractivity contribution in [3.63, 3.8) is 0 Å². The summed E-state index contributed by atoms with van der Waals surface area (Å²) in [5, 5.41) is 9.14. The maximum atomic E-state index is 9.14. The maximum absolute atomic E-state index is 9.14. The molecule has 0 unspecified atom stereocenters. The molecule has 1 aromatic heterocycles. The van der Waals surface area contributed by atoms with Gasteiger partial charge >= 0.3 is 0 Å². The fraction of sp³-hybridized carbons (Fsp3) is 0.643. The van der Waals surface area contributed by atoms with Crippen LogP contribution in [0.15, 0.2) is 18.3 Å². The van der Waals surface area contributed by atoms with Gasteiger partial charge in [0.15, 0.2) is 0 Å². The van der Waals surface area contributed by atoms with Crippen molar-refractivity contribution in [1.82, 2.24) is 4.98 Å². The van der Waals surface area contributed by atoms with Crippen molar-refractivity contribution in [3.05, 3.63) is 24.0 Å². The first-order valence-corrected chi connectivity index (χ1v) is 6.78. The Morgan fingerprint density at radius 2 is 1.79 bits per heavy atom. The third-order valence-electron chi connectivity index (χ3n) is 2.75. The molecule has 0 aromatic carbocycles. The van der Waals surface area contributed by atoms with Gasteiger partial charge in [-0.15, -0.1) is 0 Å². The minimum atomic E-state index is -0.0431. The van der Waals surface area contributed by atoms with Gasteiger partial charge in [-0.05, 0) is 26.0 Å². The van der Waals surface area contributed by atoms with Gasteiger partial charge in [0, 0.05) is 38.2 Å². The number of anilines is 1. The van der Waals surface area contributed by atoms with Crippen molar-refractivity contribution in [2.24, 2.45) is 0 Å². The maximum Gasteiger partial charge on any atom is 0.0853 e. The van der Waals surface area contributed by atoms with E-state index in [2.05, 4.69) is 9.88 Å². The Kier molecular flexibility index (Phi) is 8.13. The molecule has 0 saturated carbocycles. The molecule has 0 amide bonds. The molecule has 5 nitrogen and oxygen atoms in total. The molecule has 0 aliphatic rings. The third-order valence-corrected chi connectivity index (χ3v) is 2.75. The first-order chi connectivity index (χ1) is 9.31. The zero-order valence-corrected chi connectivity index (χ0v) is 11.8. The van der Waals surface area contributed by atoms with Crippen LogP contribution in [0, 0.1) is 0 Å². The van der Waals surface area contributed by atoms with Gasteiger partial charge in [-0.25, -0.2) is 0 Å². The highest BCUT2D eigenvalue weighted by atomic mass is 16.5. The lowest BCUT2D eigenvalue weighted by molar-refractivity contribution is 0.141. The minimum Gasteiger partial charge on any atom is -0.390 e. The van der Waals surface area contributed by atoms with Crippen LogP contribution in [0.4, 0.5) is 5.69 Å². The van der Waals surface area contributed by atoms with E-state index in [0.717, 1.165) is 32.0 Å². The van der Waals surface area contributed by atoms with E-state index < -0.39 is 0 Å². The van der Waals surface area contributed by atoms with Crippen molar-refractivity contribution in [3.8, 4) is 0 Å². The molecule has 1 N–H and O–H groups in total. The van der Waals surface area contributed by atoms with Crippen LogP contribution in [-0.4, -0.2) is 49.6 Å². The van der Waals surface area contributed by atoms with E-state index >= 15 is 0 Å². The Hall–Kier alpha value is -1.17. The first-order valence-electron chi connectivity index (χ1n) is 6.78. The van der Waals surface area contributed by atoms with E-state index in [9.17, 15) is 0 Å². The van der Waals surface area contributed by atoms with Crippen LogP contribution in [0.5, 0.6) is 0 Å². The number of nitrogens with zero attached hydrogens (tertiary/aromatic N) is 2. The van der Waals surface area contributed by atoms with Crippen LogP contribution >= 0.6 is 0 Å². The number of hydrogen-bond acceptors (Lipinski definition) is 5. The van der Waals surface area contributed by atoms with E-state index in [1.54, 1.807) is 6.20 Å². The summed E-state index contributed by atoms with van der Waals surface area (Å²) in [5.74, 6) is 0. The second-order valence-electron chi connectivity index (χ2n) is 4.04. The monoisotopic (exact) mass is 268 g/mol. The molecule has 0 bridgehead atoms. The van der Waals surface area contributed by atoms with Crippen molar-refractivity contribution < 1.29 is 14.6 Å². The van der Waals surface area contributed by atoms with E-state index in [1.807, 2.05) is 26.0 Å². The molecule has 5 heteroatoms. The molecule has 108 valence electrons. The lowest BCUT2D eigenvalue weighted by Crippen LogP contribution is -2.31. The Morgan fingerprint density at radius 1 is 1.16 bits per heavy atom. The van der Waals surface area contributed by atoms with Crippen molar-refractivity contribution in [1.29, 1.82) is 0 Å². The molecule has 0 aliphatic carbocycles. The molecular formula is C14H24N2O3. The predicted octanol–water partition coefficient (Wildman–Crippen LogP) is 1.45. The zero-order chi connectivity index (χ0) is 13.9. The number of rotatable bonds is 10. The van der Waals surface area contributed by atoms with E-state index in [1.165, 1.54) is 0 Å². The molecule has 0 fully saturated rings. The summed E-state index contributed by atoms with van der Waals surface area (Å²) >= 11 is 0. The number of hydrogen-bond donors (Lipinski definition) is 1. The topological polar surface area (TPSA) is 54.8 Å². The van der Waals surface area contributed by atoms with Crippen LogP contribution in [-0.2, 0) is 16.1 Å². The normalized spacial score (nSPS) is 10.7. The summed E-state index contributed by atoms with van der Waals surface area (Å²) in [5.41, 5.74) is 1.72. The van der Waals surface area contributed by atoms with Crippen LogP contribution < -0.4 is 4.90 Å². The summed E-state index contributed by atoms with van der Waals surface area (Å²) < 4.78 is 10.8. The summed E-state index contributed by atoms with van der Waals surface area (Å²) in [6.07, 6.45) is 1.72. The molecule has 0 saturated heterocycles. The molecule has 0 radical (unpaired) electrons. The Morgan fingerprint density at radius 3 is 2.32 bits per heavy atom. The molecule has 19 heavy (non-hydrogen) atoms. The molecule has 1 rings (SSSR count). The molecule has 1 aromatic rings. The smallest absolute Gasteiger partial charge is 0.0853 e. The van der Waals surface area contributed by atoms with Gasteiger partial charge in [0.05, 0.1) is 25.5 Å². The summed E-state index contributed by atoms with van der Waals surface area (Å²) in [7, 11) is 0. The standard InChI is InChI=1S/C14H24N2O3/c1-3-18-9-7-16(8-10-19-4-2)14-5-6-15-13(11-14)12-17/h5-6,11,17H,3-4,7-10,12H2,1-2H3. The SMILES string of the molecule is CCOCCN(CCOCC)c1ccnc(CO)c1. The van der Waals surface area contributed by atoms with Crippen molar-refractivity contribution in [2.75, 3.05) is 44.4 Å². The van der Waals surface area contributed by atoms with Gasteiger partial charge in [-0.2, -0.15) is 0 Å². The lowest BCUT2D eigenvalue weighted by atomic mass is 10.3. The average Bonchev–Trinajstić information content (AvgIpc) is 2.46. The highest BCUT2D eigenvalue weighted by Gasteiger charge is 2.07. The Labute approximate surface area is 115 Å². The van der Waals surface area contributed by atoms with Crippen LogP contribution in [0.25, 0.3) is 0 Å². The average molecular weight is 268 g/mol. The Bertz CT molecular complexity index is 337. The number of aromatic nitrogens is 1. The molecular weight excluding hydrogens is 244 g/mol. The second kappa shape index (κ2) is 9.72. The van der Waals surface area contributed by atoms with Gasteiger partial charge in [0.2, 0.25) is 0 Å². The fourth-order valence-corrected chi connectivity index (χ4v) is 1.76. The van der Waals surface area contributed by atoms with E-state index in [-0.39, 0.29) is 6.61 Å². The van der Waals surface area contributed by atoms with Crippen LogP contribution in [0.3, 0.4) is 0 Å². The third kappa shape index (κ3) is 6.00. The lowest BCUT2D eigenvalue weighted by Gasteiger charge is -2.24. The minimum absolute atomic E-state index is 0.0431. The number of pyridine rings is 1. The summed E-state index contributed by atoms with van der Waals surface area (Å²) in [6, 6.07) is 3.84. The Balaban J connectivity index is 2.63. The number of aliphatic hydroxyl groups is 1. The first kappa shape index (κ1) is 15.9. The predicted molar refractivity (Wildman–Crippen MR) is 75.4 cm³/mol. The van der Waals surface area contributed by atoms with Crippen LogP contribution in [0.2, 0.25) is 0 Å². The zero-order valence-electron chi connectivity index (χ0n) is 11.8. The van der Waals surface area contributed by atoms with E-state index in [4.69, 9.17) is 14.6 Å². The molecule has 0 aliphatic heterocycles. The van der Waals surface area contributed by atoms with Gasteiger partial charge in [-0.3, -0.25) is 4.98 Å². The summed E-state index contributed by atoms with van der Waals surface area (Å²) in [4.78, 5) is 6.28. The highest BCUT2D eigenvalue weighted by Crippen LogP contribution is 2.14. The number of aliphatic hydroxyl groups excluding tert-OH is 1. The van der Waals surface area contributed by atoms with Crippen molar-refractivity contribution in [2.45, 2.75) is 20.5 Å². The van der Waals surface area contributed by atoms with E-state index in [0.29, 0.717) is 18.9 Å². The van der Waals surface area contributed by atoms with Crippen molar-refractivity contribution >= 4 is 5.69 Å². The van der Waals surface area contributed by atoms with Gasteiger partial charge in [-0.1, -0.05) is 0 Å². The quantitative estimate of drug-likeness (QED) is 0.651.